The first-order chi connectivity index (χ1) is 9.66. The molecule has 1 aromatic carbocycles. The van der Waals surface area contributed by atoms with Gasteiger partial charge >= 0.3 is 0 Å². The van der Waals surface area contributed by atoms with Gasteiger partial charge in [-0.3, -0.25) is 4.79 Å². The summed E-state index contributed by atoms with van der Waals surface area (Å²) in [6.45, 7) is 5.65. The number of hydrogen-bond acceptors (Lipinski definition) is 3. The molecule has 1 aromatic rings. The summed E-state index contributed by atoms with van der Waals surface area (Å²) < 4.78 is 11.0. The van der Waals surface area contributed by atoms with Gasteiger partial charge in [0.1, 0.15) is 13.2 Å². The third kappa shape index (κ3) is 4.02. The number of ether oxygens (including phenoxy) is 2. The summed E-state index contributed by atoms with van der Waals surface area (Å²) in [5, 5.41) is 2.88. The maximum atomic E-state index is 11.4. The molecule has 2 rings (SSSR count). The number of amides is 1. The Labute approximate surface area is 119 Å². The van der Waals surface area contributed by atoms with Crippen LogP contribution in [0, 0.1) is 5.92 Å². The highest BCUT2D eigenvalue weighted by atomic mass is 16.6. The fraction of sp³-hybridized carbons (Fsp3) is 0.438. The lowest BCUT2D eigenvalue weighted by Gasteiger charge is -2.18. The van der Waals surface area contributed by atoms with Crippen molar-refractivity contribution in [2.45, 2.75) is 20.3 Å². The van der Waals surface area contributed by atoms with Gasteiger partial charge in [-0.25, -0.2) is 0 Å². The van der Waals surface area contributed by atoms with Gasteiger partial charge in [0.15, 0.2) is 11.5 Å². The summed E-state index contributed by atoms with van der Waals surface area (Å²) in [6.07, 6.45) is 4.89. The summed E-state index contributed by atoms with van der Waals surface area (Å²) in [5.74, 6) is 1.73. The van der Waals surface area contributed by atoms with Crippen molar-refractivity contribution in [1.29, 1.82) is 0 Å². The highest BCUT2D eigenvalue weighted by molar-refractivity contribution is 5.77. The van der Waals surface area contributed by atoms with Crippen molar-refractivity contribution in [3.63, 3.8) is 0 Å². The van der Waals surface area contributed by atoms with Crippen molar-refractivity contribution < 1.29 is 14.3 Å². The Hall–Kier alpha value is -1.97. The summed E-state index contributed by atoms with van der Waals surface area (Å²) in [6, 6.07) is 5.89. The molecule has 0 aliphatic carbocycles. The molecule has 4 heteroatoms. The molecule has 0 radical (unpaired) electrons. The summed E-state index contributed by atoms with van der Waals surface area (Å²) in [5.41, 5.74) is 1.07. The van der Waals surface area contributed by atoms with Gasteiger partial charge in [-0.2, -0.15) is 0 Å². The van der Waals surface area contributed by atoms with E-state index in [4.69, 9.17) is 9.47 Å². The summed E-state index contributed by atoms with van der Waals surface area (Å²) in [4.78, 5) is 11.4. The molecule has 1 aliphatic heterocycles. The van der Waals surface area contributed by atoms with Gasteiger partial charge in [0.05, 0.1) is 0 Å². The van der Waals surface area contributed by atoms with Crippen molar-refractivity contribution in [3.05, 3.63) is 29.8 Å². The summed E-state index contributed by atoms with van der Waals surface area (Å²) >= 11 is 0. The largest absolute Gasteiger partial charge is 0.486 e. The molecular weight excluding hydrogens is 254 g/mol. The zero-order valence-corrected chi connectivity index (χ0v) is 12.0. The quantitative estimate of drug-likeness (QED) is 0.840. The van der Waals surface area contributed by atoms with Crippen LogP contribution in [0.25, 0.3) is 6.08 Å². The second-order valence-electron chi connectivity index (χ2n) is 5.04. The zero-order valence-electron chi connectivity index (χ0n) is 12.0. The van der Waals surface area contributed by atoms with E-state index >= 15 is 0 Å². The fourth-order valence-corrected chi connectivity index (χ4v) is 1.87. The minimum atomic E-state index is 0.0387. The molecule has 0 atom stereocenters. The molecule has 4 nitrogen and oxygen atoms in total. The molecule has 1 heterocycles. The maximum Gasteiger partial charge on any atom is 0.222 e. The molecule has 108 valence electrons. The van der Waals surface area contributed by atoms with Gasteiger partial charge in [-0.1, -0.05) is 32.1 Å². The number of nitrogens with one attached hydrogen (secondary N) is 1. The fourth-order valence-electron chi connectivity index (χ4n) is 1.87. The standard InChI is InChI=1S/C16H21NO3/c1-12(2)16(18)17-8-4-3-5-13-6-7-14-15(11-13)20-10-9-19-14/h3,5-7,11-12H,4,8-10H2,1-2H3,(H,17,18)/b5-3+. The monoisotopic (exact) mass is 275 g/mol. The molecule has 0 saturated heterocycles. The van der Waals surface area contributed by atoms with E-state index < -0.39 is 0 Å². The van der Waals surface area contributed by atoms with E-state index in [0.717, 1.165) is 23.5 Å². The van der Waals surface area contributed by atoms with E-state index in [1.165, 1.54) is 0 Å². The lowest BCUT2D eigenvalue weighted by molar-refractivity contribution is -0.123. The van der Waals surface area contributed by atoms with E-state index in [1.54, 1.807) is 0 Å². The van der Waals surface area contributed by atoms with Crippen LogP contribution in [-0.4, -0.2) is 25.7 Å². The van der Waals surface area contributed by atoms with Gasteiger partial charge in [-0.15, -0.1) is 0 Å². The van der Waals surface area contributed by atoms with Crippen molar-refractivity contribution >= 4 is 12.0 Å². The Morgan fingerprint density at radius 1 is 1.30 bits per heavy atom. The van der Waals surface area contributed by atoms with Crippen LogP contribution in [0.4, 0.5) is 0 Å². The first-order valence-electron chi connectivity index (χ1n) is 7.00. The van der Waals surface area contributed by atoms with E-state index in [-0.39, 0.29) is 11.8 Å². The zero-order chi connectivity index (χ0) is 14.4. The Morgan fingerprint density at radius 2 is 2.05 bits per heavy atom. The molecule has 0 bridgehead atoms. The van der Waals surface area contributed by atoms with Gasteiger partial charge in [0.2, 0.25) is 5.91 Å². The molecule has 20 heavy (non-hydrogen) atoms. The number of benzene rings is 1. The number of rotatable bonds is 5. The predicted molar refractivity (Wildman–Crippen MR) is 78.9 cm³/mol. The van der Waals surface area contributed by atoms with Gasteiger partial charge < -0.3 is 14.8 Å². The predicted octanol–water partition coefficient (Wildman–Crippen LogP) is 2.63. The SMILES string of the molecule is CC(C)C(=O)NCC/C=C/c1ccc2c(c1)OCCO2. The number of carbonyl (C=O) groups excluding carboxylic acids is 1. The number of carbonyl (C=O) groups is 1. The second kappa shape index (κ2) is 6.98. The van der Waals surface area contributed by atoms with Crippen LogP contribution in [0.1, 0.15) is 25.8 Å². The number of fused-ring (bicyclic) bond motifs is 1. The van der Waals surface area contributed by atoms with Gasteiger partial charge in [0.25, 0.3) is 0 Å². The Bertz CT molecular complexity index is 494. The average Bonchev–Trinajstić information content (AvgIpc) is 2.46. The van der Waals surface area contributed by atoms with Crippen LogP contribution in [0.3, 0.4) is 0 Å². The van der Waals surface area contributed by atoms with E-state index in [9.17, 15) is 4.79 Å². The highest BCUT2D eigenvalue weighted by Crippen LogP contribution is 2.31. The van der Waals surface area contributed by atoms with Crippen LogP contribution in [-0.2, 0) is 4.79 Å². The van der Waals surface area contributed by atoms with Crippen LogP contribution >= 0.6 is 0 Å². The molecule has 1 amide bonds. The van der Waals surface area contributed by atoms with Crippen molar-refractivity contribution in [2.75, 3.05) is 19.8 Å². The molecule has 0 unspecified atom stereocenters. The third-order valence-corrected chi connectivity index (χ3v) is 3.01. The van der Waals surface area contributed by atoms with E-state index in [2.05, 4.69) is 5.32 Å². The van der Waals surface area contributed by atoms with Crippen molar-refractivity contribution in [1.82, 2.24) is 5.32 Å². The van der Waals surface area contributed by atoms with Gasteiger partial charge in [-0.05, 0) is 24.1 Å². The Balaban J connectivity index is 1.81. The maximum absolute atomic E-state index is 11.4. The summed E-state index contributed by atoms with van der Waals surface area (Å²) in [7, 11) is 0. The molecular formula is C16H21NO3. The lowest BCUT2D eigenvalue weighted by Crippen LogP contribution is -2.28. The normalized spacial score (nSPS) is 13.8. The van der Waals surface area contributed by atoms with Crippen LogP contribution < -0.4 is 14.8 Å². The number of hydrogen-bond donors (Lipinski definition) is 1. The first kappa shape index (κ1) is 14.4. The topological polar surface area (TPSA) is 47.6 Å². The van der Waals surface area contributed by atoms with Crippen molar-refractivity contribution in [3.8, 4) is 11.5 Å². The second-order valence-corrected chi connectivity index (χ2v) is 5.04. The average molecular weight is 275 g/mol. The van der Waals surface area contributed by atoms with E-state index in [1.807, 2.05) is 44.2 Å². The first-order valence-corrected chi connectivity index (χ1v) is 7.00. The van der Waals surface area contributed by atoms with Crippen LogP contribution in [0.15, 0.2) is 24.3 Å². The molecule has 1 aliphatic rings. The third-order valence-electron chi connectivity index (χ3n) is 3.01. The molecule has 0 spiro atoms. The van der Waals surface area contributed by atoms with E-state index in [0.29, 0.717) is 19.8 Å². The van der Waals surface area contributed by atoms with Crippen molar-refractivity contribution in [2.24, 2.45) is 5.92 Å². The molecule has 0 saturated carbocycles. The van der Waals surface area contributed by atoms with Crippen LogP contribution in [0.2, 0.25) is 0 Å². The molecule has 0 aromatic heterocycles. The molecule has 0 fully saturated rings. The van der Waals surface area contributed by atoms with Gasteiger partial charge in [0, 0.05) is 12.5 Å². The minimum absolute atomic E-state index is 0.0387. The lowest BCUT2D eigenvalue weighted by atomic mass is 10.1. The Morgan fingerprint density at radius 3 is 2.80 bits per heavy atom. The highest BCUT2D eigenvalue weighted by Gasteiger charge is 2.10. The van der Waals surface area contributed by atoms with Crippen LogP contribution in [0.5, 0.6) is 11.5 Å². The minimum Gasteiger partial charge on any atom is -0.486 e. The Kier molecular flexibility index (Phi) is 5.04. The molecule has 1 N–H and O–H groups in total. The smallest absolute Gasteiger partial charge is 0.222 e.